The van der Waals surface area contributed by atoms with E-state index in [1.807, 2.05) is 6.92 Å². The van der Waals surface area contributed by atoms with Gasteiger partial charge in [-0.2, -0.15) is 4.98 Å². The summed E-state index contributed by atoms with van der Waals surface area (Å²) in [5, 5.41) is 6.82. The van der Waals surface area contributed by atoms with Gasteiger partial charge in [0.25, 0.3) is 11.7 Å². The molecule has 1 amide bonds. The quantitative estimate of drug-likeness (QED) is 0.705. The van der Waals surface area contributed by atoms with Crippen molar-refractivity contribution in [1.82, 2.24) is 15.5 Å². The summed E-state index contributed by atoms with van der Waals surface area (Å²) in [5.41, 5.74) is 4.88. The number of hydrogen-bond donors (Lipinski definition) is 2. The van der Waals surface area contributed by atoms with Crippen LogP contribution in [0.4, 0.5) is 0 Å². The van der Waals surface area contributed by atoms with E-state index < -0.39 is 5.91 Å². The number of aromatic nitrogens is 2. The van der Waals surface area contributed by atoms with E-state index in [2.05, 4.69) is 15.5 Å². The first-order valence-electron chi connectivity index (χ1n) is 4.96. The summed E-state index contributed by atoms with van der Waals surface area (Å²) in [4.78, 5) is 14.8. The van der Waals surface area contributed by atoms with Crippen LogP contribution in [-0.4, -0.2) is 29.1 Å². The lowest BCUT2D eigenvalue weighted by atomic mass is 9.83. The van der Waals surface area contributed by atoms with Crippen LogP contribution in [0.5, 0.6) is 0 Å². The van der Waals surface area contributed by atoms with Gasteiger partial charge >= 0.3 is 0 Å². The summed E-state index contributed by atoms with van der Waals surface area (Å²) in [6.07, 6.45) is 2.03. The van der Waals surface area contributed by atoms with Crippen molar-refractivity contribution < 1.29 is 9.32 Å². The normalized spacial score (nSPS) is 26.5. The molecule has 0 aromatic carbocycles. The van der Waals surface area contributed by atoms with Crippen LogP contribution >= 0.6 is 0 Å². The van der Waals surface area contributed by atoms with Crippen LogP contribution < -0.4 is 11.1 Å². The van der Waals surface area contributed by atoms with Gasteiger partial charge in [0.05, 0.1) is 5.41 Å². The summed E-state index contributed by atoms with van der Waals surface area (Å²) in [6, 6.07) is 0. The van der Waals surface area contributed by atoms with Gasteiger partial charge in [-0.1, -0.05) is 5.16 Å². The fraction of sp³-hybridized carbons (Fsp3) is 0.667. The molecule has 2 rings (SSSR count). The number of carbonyl (C=O) groups excluding carboxylic acids is 1. The van der Waals surface area contributed by atoms with Crippen LogP contribution in [-0.2, 0) is 5.41 Å². The summed E-state index contributed by atoms with van der Waals surface area (Å²) >= 11 is 0. The number of nitrogens with two attached hydrogens (primary N) is 1. The van der Waals surface area contributed by atoms with Gasteiger partial charge in [0.15, 0.2) is 0 Å². The van der Waals surface area contributed by atoms with Crippen LogP contribution in [0.1, 0.15) is 36.3 Å². The minimum absolute atomic E-state index is 0.0446. The topological polar surface area (TPSA) is 94.0 Å². The van der Waals surface area contributed by atoms with Gasteiger partial charge in [-0.3, -0.25) is 4.79 Å². The smallest absolute Gasteiger partial charge is 0.290 e. The van der Waals surface area contributed by atoms with Gasteiger partial charge in [0.1, 0.15) is 0 Å². The van der Waals surface area contributed by atoms with E-state index in [9.17, 15) is 4.79 Å². The van der Waals surface area contributed by atoms with E-state index in [1.54, 1.807) is 0 Å². The van der Waals surface area contributed by atoms with E-state index in [4.69, 9.17) is 10.3 Å². The van der Waals surface area contributed by atoms with E-state index >= 15 is 0 Å². The molecule has 1 aliphatic heterocycles. The zero-order chi connectivity index (χ0) is 10.9. The van der Waals surface area contributed by atoms with Crippen molar-refractivity contribution in [3.05, 3.63) is 11.7 Å². The number of amides is 1. The first-order chi connectivity index (χ1) is 7.12. The Labute approximate surface area is 87.2 Å². The SMILES string of the molecule is CC1(c2nc(C(N)=O)no2)CCCNC1. The third-order valence-electron chi connectivity index (χ3n) is 2.76. The Bertz CT molecular complexity index is 368. The molecule has 6 heteroatoms. The maximum atomic E-state index is 10.8. The Morgan fingerprint density at radius 1 is 1.67 bits per heavy atom. The van der Waals surface area contributed by atoms with Crippen molar-refractivity contribution in [2.45, 2.75) is 25.2 Å². The summed E-state index contributed by atoms with van der Waals surface area (Å²) in [5.74, 6) is -0.210. The van der Waals surface area contributed by atoms with Gasteiger partial charge in [0, 0.05) is 6.54 Å². The lowest BCUT2D eigenvalue weighted by Crippen LogP contribution is -2.41. The third kappa shape index (κ3) is 1.85. The van der Waals surface area contributed by atoms with Gasteiger partial charge in [0.2, 0.25) is 5.89 Å². The maximum Gasteiger partial charge on any atom is 0.290 e. The van der Waals surface area contributed by atoms with Crippen molar-refractivity contribution >= 4 is 5.91 Å². The molecule has 82 valence electrons. The highest BCUT2D eigenvalue weighted by molar-refractivity contribution is 5.88. The van der Waals surface area contributed by atoms with Gasteiger partial charge in [-0.05, 0) is 26.3 Å². The van der Waals surface area contributed by atoms with Crippen molar-refractivity contribution in [3.8, 4) is 0 Å². The molecule has 0 saturated carbocycles. The molecule has 1 aromatic rings. The molecule has 0 radical (unpaired) electrons. The number of carbonyl (C=O) groups is 1. The van der Waals surface area contributed by atoms with E-state index in [1.165, 1.54) is 0 Å². The average molecular weight is 210 g/mol. The molecule has 1 aromatic heterocycles. The van der Waals surface area contributed by atoms with Crippen LogP contribution in [0.2, 0.25) is 0 Å². The van der Waals surface area contributed by atoms with Crippen LogP contribution in [0.3, 0.4) is 0 Å². The van der Waals surface area contributed by atoms with Crippen molar-refractivity contribution in [2.75, 3.05) is 13.1 Å². The lowest BCUT2D eigenvalue weighted by molar-refractivity contribution is 0.0987. The van der Waals surface area contributed by atoms with E-state index in [0.29, 0.717) is 5.89 Å². The maximum absolute atomic E-state index is 10.8. The zero-order valence-electron chi connectivity index (χ0n) is 8.62. The zero-order valence-corrected chi connectivity index (χ0v) is 8.62. The van der Waals surface area contributed by atoms with Crippen molar-refractivity contribution in [1.29, 1.82) is 0 Å². The molecule has 0 spiro atoms. The fourth-order valence-electron chi connectivity index (χ4n) is 1.81. The molecule has 0 bridgehead atoms. The molecule has 0 aliphatic carbocycles. The molecule has 2 heterocycles. The van der Waals surface area contributed by atoms with Crippen LogP contribution in [0, 0.1) is 0 Å². The fourth-order valence-corrected chi connectivity index (χ4v) is 1.81. The Morgan fingerprint density at radius 2 is 2.47 bits per heavy atom. The number of piperidine rings is 1. The van der Waals surface area contributed by atoms with Crippen LogP contribution in [0.15, 0.2) is 4.52 Å². The number of primary amides is 1. The number of nitrogens with zero attached hydrogens (tertiary/aromatic N) is 2. The summed E-state index contributed by atoms with van der Waals surface area (Å²) in [7, 11) is 0. The molecule has 1 atom stereocenters. The second-order valence-corrected chi connectivity index (χ2v) is 4.13. The molecule has 15 heavy (non-hydrogen) atoms. The molecule has 1 fully saturated rings. The summed E-state index contributed by atoms with van der Waals surface area (Å²) < 4.78 is 5.07. The highest BCUT2D eigenvalue weighted by Crippen LogP contribution is 2.28. The van der Waals surface area contributed by atoms with Crippen molar-refractivity contribution in [3.63, 3.8) is 0 Å². The predicted molar refractivity (Wildman–Crippen MR) is 52.3 cm³/mol. The highest BCUT2D eigenvalue weighted by atomic mass is 16.5. The molecule has 3 N–H and O–H groups in total. The minimum Gasteiger partial charge on any atom is -0.363 e. The molecule has 6 nitrogen and oxygen atoms in total. The average Bonchev–Trinajstić information content (AvgIpc) is 2.68. The number of rotatable bonds is 2. The van der Waals surface area contributed by atoms with Crippen LogP contribution in [0.25, 0.3) is 0 Å². The monoisotopic (exact) mass is 210 g/mol. The van der Waals surface area contributed by atoms with E-state index in [0.717, 1.165) is 25.9 Å². The number of nitrogens with one attached hydrogen (secondary N) is 1. The third-order valence-corrected chi connectivity index (χ3v) is 2.76. The first-order valence-corrected chi connectivity index (χ1v) is 4.96. The molecular weight excluding hydrogens is 196 g/mol. The first kappa shape index (κ1) is 10.1. The lowest BCUT2D eigenvalue weighted by Gasteiger charge is -2.30. The Kier molecular flexibility index (Phi) is 2.44. The molecule has 1 unspecified atom stereocenters. The Balaban J connectivity index is 2.23. The standard InChI is InChI=1S/C9H14N4O2/c1-9(3-2-4-11-5-9)8-12-7(6(10)14)13-15-8/h11H,2-5H2,1H3,(H2,10,14). The molecular formula is C9H14N4O2. The van der Waals surface area contributed by atoms with Gasteiger partial charge < -0.3 is 15.6 Å². The van der Waals surface area contributed by atoms with Gasteiger partial charge in [-0.25, -0.2) is 0 Å². The van der Waals surface area contributed by atoms with E-state index in [-0.39, 0.29) is 11.2 Å². The largest absolute Gasteiger partial charge is 0.363 e. The minimum atomic E-state index is -0.655. The Hall–Kier alpha value is -1.43. The molecule has 1 saturated heterocycles. The highest BCUT2D eigenvalue weighted by Gasteiger charge is 2.34. The Morgan fingerprint density at radius 3 is 3.00 bits per heavy atom. The summed E-state index contributed by atoms with van der Waals surface area (Å²) in [6.45, 7) is 3.83. The second-order valence-electron chi connectivity index (χ2n) is 4.13. The van der Waals surface area contributed by atoms with Crippen molar-refractivity contribution in [2.24, 2.45) is 5.73 Å². The number of hydrogen-bond acceptors (Lipinski definition) is 5. The molecule has 1 aliphatic rings. The second kappa shape index (κ2) is 3.62. The predicted octanol–water partition coefficient (Wildman–Crippen LogP) is -0.190. The van der Waals surface area contributed by atoms with Gasteiger partial charge in [-0.15, -0.1) is 0 Å².